The SMILES string of the molecule is O=[PH](O)O.[AlH3].[SiH4]. The van der Waals surface area contributed by atoms with Gasteiger partial charge in [0.2, 0.25) is 0 Å². The van der Waals surface area contributed by atoms with Crippen molar-refractivity contribution >= 4 is 36.6 Å². The molecule has 0 bridgehead atoms. The largest absolute Gasteiger partial charge is 0.326 e. The molecule has 0 amide bonds. The van der Waals surface area contributed by atoms with E-state index in [2.05, 4.69) is 0 Å². The zero-order valence-electron chi connectivity index (χ0n) is 1.80. The molecule has 0 spiro atoms. The van der Waals surface area contributed by atoms with Crippen LogP contribution in [-0.2, 0) is 4.57 Å². The number of rotatable bonds is 0. The molecular weight excluding hydrogens is 134 g/mol. The molecule has 2 N–H and O–H groups in total. The molecule has 0 rings (SSSR count). The molecular formula is H10AlO3PSi. The first-order valence-electron chi connectivity index (χ1n) is 0.651. The Hall–Kier alpha value is 0.899. The standard InChI is InChI=1S/Al.H3O3P.H4Si.3H/c;1-4(2)3;;;;/h;4H,(H2,1,2,3);1H4;;;. The molecule has 6 heavy (non-hydrogen) atoms. The lowest BCUT2D eigenvalue weighted by Gasteiger charge is -1.61. The van der Waals surface area contributed by atoms with Crippen LogP contribution in [0.1, 0.15) is 0 Å². The van der Waals surface area contributed by atoms with E-state index in [1.807, 2.05) is 0 Å². The van der Waals surface area contributed by atoms with E-state index in [4.69, 9.17) is 14.4 Å². The van der Waals surface area contributed by atoms with Gasteiger partial charge in [-0.25, -0.2) is 0 Å². The molecule has 0 aliphatic rings. The Balaban J connectivity index is -0.0000000450. The van der Waals surface area contributed by atoms with Crippen LogP contribution < -0.4 is 0 Å². The Kier molecular flexibility index (Phi) is 24.5. The molecule has 0 saturated heterocycles. The minimum atomic E-state index is -3.13. The maximum atomic E-state index is 8.74. The van der Waals surface area contributed by atoms with Gasteiger partial charge in [-0.05, 0) is 11.0 Å². The lowest BCUT2D eigenvalue weighted by molar-refractivity contribution is 0.405. The van der Waals surface area contributed by atoms with Gasteiger partial charge in [0.05, 0.1) is 0 Å². The summed E-state index contributed by atoms with van der Waals surface area (Å²) in [5, 5.41) is 0. The van der Waals surface area contributed by atoms with Crippen LogP contribution in [0.15, 0.2) is 0 Å². The molecule has 0 atom stereocenters. The fraction of sp³-hybridized carbons (Fsp3) is 0. The Morgan fingerprint density at radius 3 is 1.33 bits per heavy atom. The van der Waals surface area contributed by atoms with Crippen molar-refractivity contribution < 1.29 is 14.4 Å². The van der Waals surface area contributed by atoms with Crippen molar-refractivity contribution in [3.8, 4) is 0 Å². The summed E-state index contributed by atoms with van der Waals surface area (Å²) in [5.41, 5.74) is 0. The van der Waals surface area contributed by atoms with Gasteiger partial charge in [-0.1, -0.05) is 0 Å². The summed E-state index contributed by atoms with van der Waals surface area (Å²) in [5.74, 6) is 0. The molecule has 0 aliphatic heterocycles. The maximum absolute atomic E-state index is 8.74. The van der Waals surface area contributed by atoms with Crippen molar-refractivity contribution in [2.75, 3.05) is 0 Å². The molecule has 0 radical (unpaired) electrons. The molecule has 0 unspecified atom stereocenters. The van der Waals surface area contributed by atoms with Crippen LogP contribution in [0, 0.1) is 0 Å². The van der Waals surface area contributed by atoms with Crippen LogP contribution in [0.25, 0.3) is 0 Å². The lowest BCUT2D eigenvalue weighted by atomic mass is 15.8. The number of hydrogen-bond acceptors (Lipinski definition) is 1. The van der Waals surface area contributed by atoms with Crippen molar-refractivity contribution in [1.82, 2.24) is 0 Å². The second-order valence-corrected chi connectivity index (χ2v) is 0.848. The highest BCUT2D eigenvalue weighted by Gasteiger charge is 1.61. The van der Waals surface area contributed by atoms with Crippen molar-refractivity contribution in [2.24, 2.45) is 0 Å². The van der Waals surface area contributed by atoms with Crippen molar-refractivity contribution in [1.29, 1.82) is 0 Å². The van der Waals surface area contributed by atoms with Crippen LogP contribution in [0.2, 0.25) is 0 Å². The van der Waals surface area contributed by atoms with Crippen molar-refractivity contribution in [3.05, 3.63) is 0 Å². The van der Waals surface area contributed by atoms with Gasteiger partial charge >= 0.3 is 8.25 Å². The van der Waals surface area contributed by atoms with E-state index in [1.165, 1.54) is 0 Å². The van der Waals surface area contributed by atoms with E-state index in [0.29, 0.717) is 0 Å². The summed E-state index contributed by atoms with van der Waals surface area (Å²) in [6, 6.07) is 0. The van der Waals surface area contributed by atoms with Gasteiger partial charge in [0, 0.05) is 0 Å². The van der Waals surface area contributed by atoms with Gasteiger partial charge in [-0.3, -0.25) is 4.57 Å². The first kappa shape index (κ1) is 15.8. The molecule has 0 aromatic heterocycles. The molecule has 0 fully saturated rings. The summed E-state index contributed by atoms with van der Waals surface area (Å²) in [7, 11) is -3.13. The van der Waals surface area contributed by atoms with E-state index in [9.17, 15) is 0 Å². The highest BCUT2D eigenvalue weighted by molar-refractivity contribution is 7.30. The maximum Gasteiger partial charge on any atom is 0.314 e. The van der Waals surface area contributed by atoms with Crippen molar-refractivity contribution in [3.63, 3.8) is 0 Å². The van der Waals surface area contributed by atoms with Crippen molar-refractivity contribution in [2.45, 2.75) is 0 Å². The molecule has 0 heterocycles. The fourth-order valence-corrected chi connectivity index (χ4v) is 0. The first-order valence-corrected chi connectivity index (χ1v) is 1.95. The minimum absolute atomic E-state index is 0. The van der Waals surface area contributed by atoms with E-state index in [-0.39, 0.29) is 28.3 Å². The predicted molar refractivity (Wildman–Crippen MR) is 34.7 cm³/mol. The second-order valence-electron chi connectivity index (χ2n) is 0.283. The Morgan fingerprint density at radius 2 is 1.33 bits per heavy atom. The molecule has 0 aliphatic carbocycles. The van der Waals surface area contributed by atoms with Crippen LogP contribution in [0.5, 0.6) is 0 Å². The summed E-state index contributed by atoms with van der Waals surface area (Å²) in [4.78, 5) is 14.3. The van der Waals surface area contributed by atoms with Gasteiger partial charge in [-0.2, -0.15) is 0 Å². The van der Waals surface area contributed by atoms with E-state index >= 15 is 0 Å². The molecule has 40 valence electrons. The highest BCUT2D eigenvalue weighted by Crippen LogP contribution is 1.98. The molecule has 0 aromatic carbocycles. The van der Waals surface area contributed by atoms with E-state index < -0.39 is 8.25 Å². The summed E-state index contributed by atoms with van der Waals surface area (Å²) >= 11 is 0. The van der Waals surface area contributed by atoms with Gasteiger partial charge in [0.25, 0.3) is 0 Å². The average Bonchev–Trinajstić information content (AvgIpc) is 0.811. The zero-order chi connectivity index (χ0) is 3.58. The Morgan fingerprint density at radius 1 is 1.33 bits per heavy atom. The zero-order valence-corrected chi connectivity index (χ0v) is 2.80. The molecule has 0 aromatic rings. The van der Waals surface area contributed by atoms with Gasteiger partial charge < -0.3 is 9.79 Å². The van der Waals surface area contributed by atoms with E-state index in [1.54, 1.807) is 0 Å². The first-order chi connectivity index (χ1) is 1.73. The predicted octanol–water partition coefficient (Wildman–Crippen LogP) is -3.27. The fourth-order valence-electron chi connectivity index (χ4n) is 0. The topological polar surface area (TPSA) is 57.5 Å². The third-order valence-electron chi connectivity index (χ3n) is 0. The van der Waals surface area contributed by atoms with Crippen LogP contribution in [0.3, 0.4) is 0 Å². The number of hydrogen-bond donors (Lipinski definition) is 2. The molecule has 3 nitrogen and oxygen atoms in total. The lowest BCUT2D eigenvalue weighted by Crippen LogP contribution is -1.38. The van der Waals surface area contributed by atoms with Gasteiger partial charge in [0.15, 0.2) is 17.4 Å². The summed E-state index contributed by atoms with van der Waals surface area (Å²) in [6.07, 6.45) is 0. The monoisotopic (exact) mass is 144 g/mol. The smallest absolute Gasteiger partial charge is 0.314 e. The second kappa shape index (κ2) is 9.31. The van der Waals surface area contributed by atoms with E-state index in [0.717, 1.165) is 0 Å². The third-order valence-corrected chi connectivity index (χ3v) is 0. The third kappa shape index (κ3) is 92.1. The van der Waals surface area contributed by atoms with Crippen LogP contribution >= 0.6 is 8.25 Å². The average molecular weight is 144 g/mol. The molecule has 0 saturated carbocycles. The van der Waals surface area contributed by atoms with Crippen LogP contribution in [-0.4, -0.2) is 38.1 Å². The highest BCUT2D eigenvalue weighted by atomic mass is 31.1. The summed E-state index contributed by atoms with van der Waals surface area (Å²) < 4.78 is 8.74. The minimum Gasteiger partial charge on any atom is -0.326 e. The van der Waals surface area contributed by atoms with Gasteiger partial charge in [-0.15, -0.1) is 0 Å². The quantitative estimate of drug-likeness (QED) is 0.277. The Labute approximate surface area is 51.5 Å². The van der Waals surface area contributed by atoms with Gasteiger partial charge in [0.1, 0.15) is 0 Å². The molecule has 6 heteroatoms. The normalized spacial score (nSPS) is 5.83. The summed E-state index contributed by atoms with van der Waals surface area (Å²) in [6.45, 7) is 0. The van der Waals surface area contributed by atoms with Crippen LogP contribution in [0.4, 0.5) is 0 Å². The Bertz CT molecular complexity index is 33.8.